The van der Waals surface area contributed by atoms with Crippen molar-refractivity contribution in [1.82, 2.24) is 5.32 Å². The first kappa shape index (κ1) is 16.6. The molecule has 0 fully saturated rings. The third-order valence-corrected chi connectivity index (χ3v) is 2.17. The summed E-state index contributed by atoms with van der Waals surface area (Å²) in [5.74, 6) is 0. The van der Waals surface area contributed by atoms with E-state index in [4.69, 9.17) is 5.26 Å². The van der Waals surface area contributed by atoms with Gasteiger partial charge < -0.3 is 10.6 Å². The summed E-state index contributed by atoms with van der Waals surface area (Å²) in [5, 5.41) is 11.9. The fourth-order valence-corrected chi connectivity index (χ4v) is 1.32. The van der Waals surface area contributed by atoms with E-state index in [1.807, 2.05) is 5.32 Å². The van der Waals surface area contributed by atoms with Gasteiger partial charge in [-0.1, -0.05) is 0 Å². The molecule has 0 saturated heterocycles. The predicted molar refractivity (Wildman–Crippen MR) is 59.1 cm³/mol. The van der Waals surface area contributed by atoms with E-state index in [2.05, 4.69) is 0 Å². The Kier molecular flexibility index (Phi) is 4.67. The zero-order valence-corrected chi connectivity index (χ0v) is 10.1. The molecular weight excluding hydrogens is 304 g/mol. The van der Waals surface area contributed by atoms with Gasteiger partial charge in [0, 0.05) is 5.69 Å². The van der Waals surface area contributed by atoms with E-state index in [0.29, 0.717) is 12.1 Å². The molecule has 0 aliphatic heterocycles. The van der Waals surface area contributed by atoms with E-state index in [1.54, 1.807) is 5.32 Å². The van der Waals surface area contributed by atoms with Crippen LogP contribution in [-0.2, 0) is 12.4 Å². The Morgan fingerprint density at radius 1 is 1.05 bits per heavy atom. The Morgan fingerprint density at radius 3 is 1.90 bits per heavy atom. The zero-order valence-electron chi connectivity index (χ0n) is 10.1. The van der Waals surface area contributed by atoms with Crippen molar-refractivity contribution in [3.63, 3.8) is 0 Å². The molecule has 0 radical (unpaired) electrons. The summed E-state index contributed by atoms with van der Waals surface area (Å²) in [7, 11) is 0. The summed E-state index contributed by atoms with van der Waals surface area (Å²) < 4.78 is 75.2. The maximum Gasteiger partial charge on any atom is 0.416 e. The molecule has 0 aromatic heterocycles. The van der Waals surface area contributed by atoms with E-state index < -0.39 is 41.7 Å². The number of urea groups is 1. The van der Waals surface area contributed by atoms with Crippen LogP contribution < -0.4 is 10.6 Å². The number of hydrogen-bond donors (Lipinski definition) is 2. The van der Waals surface area contributed by atoms with Gasteiger partial charge in [0.15, 0.2) is 0 Å². The molecule has 0 atom stereocenters. The molecule has 10 heteroatoms. The van der Waals surface area contributed by atoms with Crippen LogP contribution in [0, 0.1) is 11.3 Å². The summed E-state index contributed by atoms with van der Waals surface area (Å²) in [4.78, 5) is 11.2. The topological polar surface area (TPSA) is 64.9 Å². The van der Waals surface area contributed by atoms with Crippen molar-refractivity contribution < 1.29 is 31.1 Å². The molecule has 0 bridgehead atoms. The molecule has 2 amide bonds. The molecule has 4 nitrogen and oxygen atoms in total. The standard InChI is InChI=1S/C11H7F6N3O/c12-10(13,14)6-3-7(11(15,16)17)5-8(4-6)20-9(21)19-2-1-18/h3-5H,2H2,(H2,19,20,21). The van der Waals surface area contributed by atoms with Gasteiger partial charge in [-0.25, -0.2) is 4.79 Å². The summed E-state index contributed by atoms with van der Waals surface area (Å²) in [5.41, 5.74) is -3.78. The number of benzene rings is 1. The average Bonchev–Trinajstić information content (AvgIpc) is 2.34. The molecule has 0 unspecified atom stereocenters. The predicted octanol–water partition coefficient (Wildman–Crippen LogP) is 3.37. The second-order valence-corrected chi connectivity index (χ2v) is 3.76. The highest BCUT2D eigenvalue weighted by Gasteiger charge is 2.37. The summed E-state index contributed by atoms with van der Waals surface area (Å²) in [6.07, 6.45) is -10.00. The minimum atomic E-state index is -5.00. The van der Waals surface area contributed by atoms with E-state index in [0.717, 1.165) is 0 Å². The van der Waals surface area contributed by atoms with Crippen LogP contribution in [0.1, 0.15) is 11.1 Å². The van der Waals surface area contributed by atoms with Crippen LogP contribution in [0.3, 0.4) is 0 Å². The molecular formula is C11H7F6N3O. The third-order valence-electron chi connectivity index (χ3n) is 2.17. The highest BCUT2D eigenvalue weighted by atomic mass is 19.4. The average molecular weight is 311 g/mol. The third kappa shape index (κ3) is 4.87. The number of anilines is 1. The van der Waals surface area contributed by atoms with Crippen molar-refractivity contribution in [3.05, 3.63) is 29.3 Å². The lowest BCUT2D eigenvalue weighted by atomic mass is 10.1. The molecule has 21 heavy (non-hydrogen) atoms. The Bertz CT molecular complexity index is 541. The number of carbonyl (C=O) groups excluding carboxylic acids is 1. The lowest BCUT2D eigenvalue weighted by Crippen LogP contribution is -2.29. The number of rotatable bonds is 2. The largest absolute Gasteiger partial charge is 0.416 e. The number of nitrogens with zero attached hydrogens (tertiary/aromatic N) is 1. The smallest absolute Gasteiger partial charge is 0.325 e. The SMILES string of the molecule is N#CCNC(=O)Nc1cc(C(F)(F)F)cc(C(F)(F)F)c1. The van der Waals surface area contributed by atoms with Crippen LogP contribution in [0.15, 0.2) is 18.2 Å². The summed E-state index contributed by atoms with van der Waals surface area (Å²) in [6.45, 7) is -0.447. The number of carbonyl (C=O) groups is 1. The van der Waals surface area contributed by atoms with Crippen LogP contribution >= 0.6 is 0 Å². The molecule has 114 valence electrons. The second kappa shape index (κ2) is 5.90. The van der Waals surface area contributed by atoms with Gasteiger partial charge in [0.2, 0.25) is 0 Å². The Morgan fingerprint density at radius 2 is 1.52 bits per heavy atom. The van der Waals surface area contributed by atoms with Crippen molar-refractivity contribution in [1.29, 1.82) is 5.26 Å². The molecule has 1 rings (SSSR count). The van der Waals surface area contributed by atoms with E-state index in [1.165, 1.54) is 6.07 Å². The van der Waals surface area contributed by atoms with Gasteiger partial charge in [-0.2, -0.15) is 31.6 Å². The zero-order chi connectivity index (χ0) is 16.3. The first-order valence-corrected chi connectivity index (χ1v) is 5.25. The minimum Gasteiger partial charge on any atom is -0.325 e. The number of nitriles is 1. The first-order valence-electron chi connectivity index (χ1n) is 5.25. The monoisotopic (exact) mass is 311 g/mol. The van der Waals surface area contributed by atoms with Crippen molar-refractivity contribution in [2.75, 3.05) is 11.9 Å². The highest BCUT2D eigenvalue weighted by Crippen LogP contribution is 2.37. The van der Waals surface area contributed by atoms with E-state index in [9.17, 15) is 31.1 Å². The number of alkyl halides is 6. The minimum absolute atomic E-state index is 0.0572. The fourth-order valence-electron chi connectivity index (χ4n) is 1.32. The fraction of sp³-hybridized carbons (Fsp3) is 0.273. The molecule has 1 aromatic carbocycles. The molecule has 0 aliphatic rings. The summed E-state index contributed by atoms with van der Waals surface area (Å²) >= 11 is 0. The molecule has 0 heterocycles. The van der Waals surface area contributed by atoms with Crippen molar-refractivity contribution >= 4 is 11.7 Å². The highest BCUT2D eigenvalue weighted by molar-refractivity contribution is 5.89. The number of halogens is 6. The van der Waals surface area contributed by atoms with Crippen LogP contribution in [-0.4, -0.2) is 12.6 Å². The van der Waals surface area contributed by atoms with Gasteiger partial charge in [-0.15, -0.1) is 0 Å². The second-order valence-electron chi connectivity index (χ2n) is 3.76. The van der Waals surface area contributed by atoms with Gasteiger partial charge in [-0.05, 0) is 18.2 Å². The van der Waals surface area contributed by atoms with Crippen LogP contribution in [0.4, 0.5) is 36.8 Å². The maximum atomic E-state index is 12.5. The van der Waals surface area contributed by atoms with Crippen LogP contribution in [0.25, 0.3) is 0 Å². The Labute approximate surface area is 114 Å². The maximum absolute atomic E-state index is 12.5. The van der Waals surface area contributed by atoms with Crippen molar-refractivity contribution in [2.45, 2.75) is 12.4 Å². The lowest BCUT2D eigenvalue weighted by Gasteiger charge is -2.14. The number of hydrogen-bond acceptors (Lipinski definition) is 2. The van der Waals surface area contributed by atoms with Crippen molar-refractivity contribution in [3.8, 4) is 6.07 Å². The molecule has 0 saturated carbocycles. The lowest BCUT2D eigenvalue weighted by molar-refractivity contribution is -0.143. The molecule has 2 N–H and O–H groups in total. The van der Waals surface area contributed by atoms with Gasteiger partial charge in [-0.3, -0.25) is 0 Å². The summed E-state index contributed by atoms with van der Waals surface area (Å²) in [6, 6.07) is 1.10. The first-order chi connectivity index (χ1) is 9.54. The quantitative estimate of drug-likeness (QED) is 0.649. The van der Waals surface area contributed by atoms with Gasteiger partial charge in [0.1, 0.15) is 6.54 Å². The van der Waals surface area contributed by atoms with Crippen LogP contribution in [0.2, 0.25) is 0 Å². The molecule has 1 aromatic rings. The Hall–Kier alpha value is -2.44. The van der Waals surface area contributed by atoms with Gasteiger partial charge >= 0.3 is 18.4 Å². The number of amides is 2. The Balaban J connectivity index is 3.15. The van der Waals surface area contributed by atoms with E-state index >= 15 is 0 Å². The van der Waals surface area contributed by atoms with E-state index in [-0.39, 0.29) is 6.07 Å². The molecule has 0 aliphatic carbocycles. The number of nitrogens with one attached hydrogen (secondary N) is 2. The normalized spacial score (nSPS) is 11.7. The molecule has 0 spiro atoms. The van der Waals surface area contributed by atoms with Crippen molar-refractivity contribution in [2.24, 2.45) is 0 Å². The van der Waals surface area contributed by atoms with Gasteiger partial charge in [0.05, 0.1) is 17.2 Å². The van der Waals surface area contributed by atoms with Gasteiger partial charge in [0.25, 0.3) is 0 Å². The van der Waals surface area contributed by atoms with Crippen LogP contribution in [0.5, 0.6) is 0 Å².